The normalized spacial score (nSPS) is 35.0. The first-order chi connectivity index (χ1) is 9.65. The van der Waals surface area contributed by atoms with E-state index in [1.807, 2.05) is 0 Å². The van der Waals surface area contributed by atoms with Gasteiger partial charge in [0.15, 0.2) is 17.0 Å². The van der Waals surface area contributed by atoms with Gasteiger partial charge in [0, 0.05) is 12.3 Å². The molecule has 3 atom stereocenters. The molecule has 0 amide bonds. The molecule has 1 unspecified atom stereocenters. The summed E-state index contributed by atoms with van der Waals surface area (Å²) >= 11 is 0. The van der Waals surface area contributed by atoms with E-state index in [0.29, 0.717) is 5.57 Å². The van der Waals surface area contributed by atoms with Gasteiger partial charge in [-0.05, 0) is 33.3 Å². The summed E-state index contributed by atoms with van der Waals surface area (Å²) < 4.78 is 11.1. The lowest BCUT2D eigenvalue weighted by atomic mass is 9.63. The van der Waals surface area contributed by atoms with Crippen molar-refractivity contribution in [2.45, 2.75) is 52.7 Å². The molecular formula is C16H22O5. The standard InChI is InChI=1S/C16H22O5/c1-6-20-14(19)16-7-9(2)12(18)10(3)13(16)21-15(4,5)8-11(16)17/h7,10,13H,6,8H2,1-5H3/t10-,13?,16+/m1/s1. The van der Waals surface area contributed by atoms with E-state index in [1.165, 1.54) is 6.08 Å². The predicted molar refractivity (Wildman–Crippen MR) is 75.6 cm³/mol. The minimum Gasteiger partial charge on any atom is -0.465 e. The van der Waals surface area contributed by atoms with E-state index in [0.717, 1.165) is 0 Å². The SMILES string of the molecule is CCOC(=O)[C@]12C=C(C)C(=O)[C@@H](C)C1OC(C)(C)CC2=O. The van der Waals surface area contributed by atoms with Gasteiger partial charge >= 0.3 is 5.97 Å². The van der Waals surface area contributed by atoms with E-state index in [2.05, 4.69) is 0 Å². The molecule has 0 aromatic heterocycles. The minimum atomic E-state index is -1.48. The maximum absolute atomic E-state index is 12.7. The minimum absolute atomic E-state index is 0.0922. The fourth-order valence-corrected chi connectivity index (χ4v) is 3.28. The van der Waals surface area contributed by atoms with E-state index >= 15 is 0 Å². The molecule has 1 saturated heterocycles. The number of hydrogen-bond donors (Lipinski definition) is 0. The zero-order chi connectivity index (χ0) is 16.0. The molecule has 21 heavy (non-hydrogen) atoms. The largest absolute Gasteiger partial charge is 0.465 e. The molecule has 5 nitrogen and oxygen atoms in total. The van der Waals surface area contributed by atoms with Crippen LogP contribution >= 0.6 is 0 Å². The Morgan fingerprint density at radius 3 is 2.62 bits per heavy atom. The molecular weight excluding hydrogens is 272 g/mol. The lowest BCUT2D eigenvalue weighted by Crippen LogP contribution is -2.62. The number of allylic oxidation sites excluding steroid dienone is 1. The van der Waals surface area contributed by atoms with Crippen LogP contribution in [0.2, 0.25) is 0 Å². The van der Waals surface area contributed by atoms with E-state index in [-0.39, 0.29) is 24.6 Å². The van der Waals surface area contributed by atoms with Crippen LogP contribution in [0, 0.1) is 11.3 Å². The van der Waals surface area contributed by atoms with Crippen LogP contribution in [-0.2, 0) is 23.9 Å². The molecule has 0 aromatic carbocycles. The predicted octanol–water partition coefficient (Wildman–Crippen LogP) is 1.84. The van der Waals surface area contributed by atoms with Gasteiger partial charge in [0.05, 0.1) is 18.3 Å². The van der Waals surface area contributed by atoms with Crippen LogP contribution in [0.4, 0.5) is 0 Å². The highest BCUT2D eigenvalue weighted by atomic mass is 16.5. The van der Waals surface area contributed by atoms with Gasteiger partial charge in [-0.1, -0.05) is 13.0 Å². The number of Topliss-reactive ketones (excluding diaryl/α,β-unsaturated/α-hetero) is 2. The zero-order valence-corrected chi connectivity index (χ0v) is 13.2. The Bertz CT molecular complexity index is 531. The van der Waals surface area contributed by atoms with Crippen LogP contribution in [-0.4, -0.2) is 35.8 Å². The Kier molecular flexibility index (Phi) is 3.82. The number of fused-ring (bicyclic) bond motifs is 1. The molecule has 0 saturated carbocycles. The van der Waals surface area contributed by atoms with E-state index in [9.17, 15) is 14.4 Å². The summed E-state index contributed by atoms with van der Waals surface area (Å²) in [4.78, 5) is 37.4. The van der Waals surface area contributed by atoms with Gasteiger partial charge in [-0.15, -0.1) is 0 Å². The second-order valence-corrected chi connectivity index (χ2v) is 6.47. The molecule has 1 heterocycles. The second kappa shape index (κ2) is 5.05. The Morgan fingerprint density at radius 1 is 1.43 bits per heavy atom. The molecule has 0 aromatic rings. The first-order valence-corrected chi connectivity index (χ1v) is 7.27. The molecule has 2 rings (SSSR count). The quantitative estimate of drug-likeness (QED) is 0.574. The van der Waals surface area contributed by atoms with Gasteiger partial charge in [-0.3, -0.25) is 14.4 Å². The second-order valence-electron chi connectivity index (χ2n) is 6.47. The Hall–Kier alpha value is -1.49. The van der Waals surface area contributed by atoms with Gasteiger partial charge in [-0.2, -0.15) is 0 Å². The Morgan fingerprint density at radius 2 is 2.05 bits per heavy atom. The molecule has 0 N–H and O–H groups in total. The lowest BCUT2D eigenvalue weighted by Gasteiger charge is -2.49. The number of hydrogen-bond acceptors (Lipinski definition) is 5. The lowest BCUT2D eigenvalue weighted by molar-refractivity contribution is -0.199. The third kappa shape index (κ3) is 2.33. The summed E-state index contributed by atoms with van der Waals surface area (Å²) in [5, 5.41) is 0. The fraction of sp³-hybridized carbons (Fsp3) is 0.688. The molecule has 5 heteroatoms. The van der Waals surface area contributed by atoms with Crippen LogP contribution in [0.1, 0.15) is 41.0 Å². The first-order valence-electron chi connectivity index (χ1n) is 7.27. The van der Waals surface area contributed by atoms with Crippen LogP contribution < -0.4 is 0 Å². The molecule has 2 aliphatic rings. The van der Waals surface area contributed by atoms with Crippen molar-refractivity contribution in [3.05, 3.63) is 11.6 Å². The summed E-state index contributed by atoms with van der Waals surface area (Å²) in [6.45, 7) is 8.79. The van der Waals surface area contributed by atoms with Gasteiger partial charge in [-0.25, -0.2) is 0 Å². The Labute approximate surface area is 124 Å². The van der Waals surface area contributed by atoms with Crippen molar-refractivity contribution < 1.29 is 23.9 Å². The van der Waals surface area contributed by atoms with E-state index < -0.39 is 29.0 Å². The van der Waals surface area contributed by atoms with Crippen molar-refractivity contribution in [3.8, 4) is 0 Å². The van der Waals surface area contributed by atoms with Gasteiger partial charge in [0.1, 0.15) is 0 Å². The summed E-state index contributed by atoms with van der Waals surface area (Å²) in [5.74, 6) is -1.50. The molecule has 116 valence electrons. The number of esters is 1. The maximum atomic E-state index is 12.7. The number of ketones is 2. The first kappa shape index (κ1) is 15.9. The zero-order valence-electron chi connectivity index (χ0n) is 13.2. The topological polar surface area (TPSA) is 69.7 Å². The highest BCUT2D eigenvalue weighted by molar-refractivity contribution is 6.12. The molecule has 1 fully saturated rings. The summed E-state index contributed by atoms with van der Waals surface area (Å²) in [7, 11) is 0. The van der Waals surface area contributed by atoms with E-state index in [4.69, 9.17) is 9.47 Å². The van der Waals surface area contributed by atoms with Gasteiger partial charge in [0.2, 0.25) is 0 Å². The number of carbonyl (C=O) groups is 3. The number of carbonyl (C=O) groups excluding carboxylic acids is 3. The Balaban J connectivity index is 2.60. The summed E-state index contributed by atoms with van der Waals surface area (Å²) in [5.41, 5.74) is -1.75. The summed E-state index contributed by atoms with van der Waals surface area (Å²) in [6.07, 6.45) is 0.770. The summed E-state index contributed by atoms with van der Waals surface area (Å²) in [6, 6.07) is 0. The van der Waals surface area contributed by atoms with Crippen molar-refractivity contribution in [3.63, 3.8) is 0 Å². The van der Waals surface area contributed by atoms with Crippen LogP contribution in [0.15, 0.2) is 11.6 Å². The highest BCUT2D eigenvalue weighted by Gasteiger charge is 2.62. The third-order valence-electron chi connectivity index (χ3n) is 4.26. The molecule has 0 bridgehead atoms. The van der Waals surface area contributed by atoms with Crippen LogP contribution in [0.25, 0.3) is 0 Å². The van der Waals surface area contributed by atoms with Crippen LogP contribution in [0.3, 0.4) is 0 Å². The fourth-order valence-electron chi connectivity index (χ4n) is 3.28. The molecule has 0 radical (unpaired) electrons. The smallest absolute Gasteiger partial charge is 0.326 e. The number of ether oxygens (including phenoxy) is 2. The monoisotopic (exact) mass is 294 g/mol. The van der Waals surface area contributed by atoms with Gasteiger partial charge in [0.25, 0.3) is 0 Å². The molecule has 0 spiro atoms. The number of rotatable bonds is 2. The van der Waals surface area contributed by atoms with Crippen LogP contribution in [0.5, 0.6) is 0 Å². The average molecular weight is 294 g/mol. The molecule has 1 aliphatic carbocycles. The van der Waals surface area contributed by atoms with Crippen molar-refractivity contribution in [2.75, 3.05) is 6.61 Å². The van der Waals surface area contributed by atoms with Gasteiger partial charge < -0.3 is 9.47 Å². The third-order valence-corrected chi connectivity index (χ3v) is 4.26. The van der Waals surface area contributed by atoms with Crippen molar-refractivity contribution in [2.24, 2.45) is 11.3 Å². The van der Waals surface area contributed by atoms with Crippen molar-refractivity contribution in [1.29, 1.82) is 0 Å². The van der Waals surface area contributed by atoms with Crippen molar-refractivity contribution >= 4 is 17.5 Å². The molecule has 1 aliphatic heterocycles. The van der Waals surface area contributed by atoms with Crippen molar-refractivity contribution in [1.82, 2.24) is 0 Å². The highest BCUT2D eigenvalue weighted by Crippen LogP contribution is 2.47. The average Bonchev–Trinajstić information content (AvgIpc) is 2.37. The van der Waals surface area contributed by atoms with E-state index in [1.54, 1.807) is 34.6 Å². The maximum Gasteiger partial charge on any atom is 0.326 e.